The predicted molar refractivity (Wildman–Crippen MR) is 57.6 cm³/mol. The van der Waals surface area contributed by atoms with Crippen LogP contribution in [0, 0.1) is 13.8 Å². The van der Waals surface area contributed by atoms with Crippen molar-refractivity contribution < 1.29 is 4.74 Å². The summed E-state index contributed by atoms with van der Waals surface area (Å²) in [4.78, 5) is 0. The van der Waals surface area contributed by atoms with Crippen molar-refractivity contribution in [3.63, 3.8) is 0 Å². The van der Waals surface area contributed by atoms with Crippen LogP contribution in [0.1, 0.15) is 24.0 Å². The van der Waals surface area contributed by atoms with Crippen LogP contribution in [0.3, 0.4) is 0 Å². The summed E-state index contributed by atoms with van der Waals surface area (Å²) in [5.41, 5.74) is 8.39. The van der Waals surface area contributed by atoms with Gasteiger partial charge in [-0.15, -0.1) is 0 Å². The van der Waals surface area contributed by atoms with Crippen molar-refractivity contribution in [1.29, 1.82) is 0 Å². The normalized spacial score (nSPS) is 17.9. The number of hydrogen-bond donors (Lipinski definition) is 1. The van der Waals surface area contributed by atoms with Gasteiger partial charge >= 0.3 is 0 Å². The topological polar surface area (TPSA) is 35.2 Å². The van der Waals surface area contributed by atoms with E-state index in [4.69, 9.17) is 10.5 Å². The maximum atomic E-state index is 5.95. The molecule has 0 radical (unpaired) electrons. The Bertz CT molecular complexity index is 322. The molecule has 2 rings (SSSR count). The van der Waals surface area contributed by atoms with E-state index in [0.29, 0.717) is 6.61 Å². The monoisotopic (exact) mass is 191 g/mol. The molecule has 0 atom stereocenters. The van der Waals surface area contributed by atoms with E-state index in [2.05, 4.69) is 32.0 Å². The minimum Gasteiger partial charge on any atom is -0.492 e. The highest BCUT2D eigenvalue weighted by molar-refractivity contribution is 5.33. The molecule has 14 heavy (non-hydrogen) atoms. The quantitative estimate of drug-likeness (QED) is 0.794. The molecule has 1 aromatic carbocycles. The number of rotatable bonds is 3. The van der Waals surface area contributed by atoms with Gasteiger partial charge in [-0.3, -0.25) is 0 Å². The van der Waals surface area contributed by atoms with Crippen molar-refractivity contribution >= 4 is 0 Å². The van der Waals surface area contributed by atoms with Gasteiger partial charge in [0.25, 0.3) is 0 Å². The molecule has 2 N–H and O–H groups in total. The Morgan fingerprint density at radius 1 is 1.21 bits per heavy atom. The van der Waals surface area contributed by atoms with Crippen LogP contribution in [0.4, 0.5) is 0 Å². The lowest BCUT2D eigenvalue weighted by molar-refractivity contribution is 0.279. The molecule has 1 aliphatic rings. The molecule has 1 aliphatic carbocycles. The van der Waals surface area contributed by atoms with Crippen LogP contribution in [0.5, 0.6) is 5.75 Å². The second-order valence-corrected chi connectivity index (χ2v) is 4.47. The number of nitrogens with two attached hydrogens (primary N) is 1. The van der Waals surface area contributed by atoms with Gasteiger partial charge in [-0.1, -0.05) is 6.07 Å². The van der Waals surface area contributed by atoms with Crippen LogP contribution < -0.4 is 10.5 Å². The van der Waals surface area contributed by atoms with Crippen LogP contribution in [0.15, 0.2) is 18.2 Å². The molecule has 0 amide bonds. The van der Waals surface area contributed by atoms with E-state index in [1.54, 1.807) is 0 Å². The van der Waals surface area contributed by atoms with Crippen molar-refractivity contribution in [2.24, 2.45) is 5.73 Å². The van der Waals surface area contributed by atoms with Gasteiger partial charge in [0.1, 0.15) is 12.4 Å². The number of hydrogen-bond acceptors (Lipinski definition) is 2. The Labute approximate surface area is 85.1 Å². The number of aryl methyl sites for hydroxylation is 2. The van der Waals surface area contributed by atoms with Crippen molar-refractivity contribution in [2.45, 2.75) is 32.2 Å². The van der Waals surface area contributed by atoms with Crippen LogP contribution in [0.2, 0.25) is 0 Å². The third-order valence-corrected chi connectivity index (χ3v) is 2.61. The molecule has 1 fully saturated rings. The Balaban J connectivity index is 2.01. The van der Waals surface area contributed by atoms with Gasteiger partial charge in [0.2, 0.25) is 0 Å². The first-order chi connectivity index (χ1) is 6.57. The third-order valence-electron chi connectivity index (χ3n) is 2.61. The molecule has 0 aromatic heterocycles. The van der Waals surface area contributed by atoms with Gasteiger partial charge in [0.05, 0.1) is 5.54 Å². The fourth-order valence-corrected chi connectivity index (χ4v) is 1.55. The van der Waals surface area contributed by atoms with Gasteiger partial charge in [-0.25, -0.2) is 0 Å². The summed E-state index contributed by atoms with van der Waals surface area (Å²) in [7, 11) is 0. The van der Waals surface area contributed by atoms with Crippen molar-refractivity contribution in [3.05, 3.63) is 29.3 Å². The second-order valence-electron chi connectivity index (χ2n) is 4.47. The largest absolute Gasteiger partial charge is 0.492 e. The molecular formula is C12H17NO. The molecule has 0 heterocycles. The van der Waals surface area contributed by atoms with E-state index >= 15 is 0 Å². The molecule has 0 saturated heterocycles. The lowest BCUT2D eigenvalue weighted by Crippen LogP contribution is -2.29. The third kappa shape index (κ3) is 2.26. The zero-order valence-electron chi connectivity index (χ0n) is 8.84. The van der Waals surface area contributed by atoms with Crippen LogP contribution in [0.25, 0.3) is 0 Å². The van der Waals surface area contributed by atoms with Gasteiger partial charge < -0.3 is 10.5 Å². The first-order valence-corrected chi connectivity index (χ1v) is 5.07. The van der Waals surface area contributed by atoms with Crippen LogP contribution in [-0.2, 0) is 0 Å². The highest BCUT2D eigenvalue weighted by atomic mass is 16.5. The van der Waals surface area contributed by atoms with Gasteiger partial charge in [-0.2, -0.15) is 0 Å². The van der Waals surface area contributed by atoms with E-state index in [1.807, 2.05) is 0 Å². The zero-order chi connectivity index (χ0) is 10.2. The minimum absolute atomic E-state index is 0.0301. The smallest absolute Gasteiger partial charge is 0.119 e. The Morgan fingerprint density at radius 3 is 2.29 bits per heavy atom. The first kappa shape index (κ1) is 9.53. The lowest BCUT2D eigenvalue weighted by atomic mass is 10.1. The molecule has 0 unspecified atom stereocenters. The van der Waals surface area contributed by atoms with Gasteiger partial charge in [0.15, 0.2) is 0 Å². The maximum Gasteiger partial charge on any atom is 0.119 e. The standard InChI is InChI=1S/C12H17NO/c1-9-5-10(2)7-11(6-9)14-8-12(13)3-4-12/h5-7H,3-4,8,13H2,1-2H3. The highest BCUT2D eigenvalue weighted by Crippen LogP contribution is 2.32. The fourth-order valence-electron chi connectivity index (χ4n) is 1.55. The molecule has 2 heteroatoms. The Hall–Kier alpha value is -1.02. The Kier molecular flexibility index (Phi) is 2.23. The van der Waals surface area contributed by atoms with E-state index in [9.17, 15) is 0 Å². The molecule has 0 spiro atoms. The van der Waals surface area contributed by atoms with Crippen molar-refractivity contribution in [2.75, 3.05) is 6.61 Å². The van der Waals surface area contributed by atoms with E-state index < -0.39 is 0 Å². The second kappa shape index (κ2) is 3.28. The number of ether oxygens (including phenoxy) is 1. The summed E-state index contributed by atoms with van der Waals surface area (Å²) in [6.07, 6.45) is 2.19. The molecule has 0 aliphatic heterocycles. The average Bonchev–Trinajstić information content (AvgIpc) is 2.80. The SMILES string of the molecule is Cc1cc(C)cc(OCC2(N)CC2)c1. The van der Waals surface area contributed by atoms with E-state index in [-0.39, 0.29) is 5.54 Å². The van der Waals surface area contributed by atoms with E-state index in [1.165, 1.54) is 11.1 Å². The zero-order valence-corrected chi connectivity index (χ0v) is 8.84. The molecule has 0 bridgehead atoms. The molecule has 76 valence electrons. The summed E-state index contributed by atoms with van der Waals surface area (Å²) in [6.45, 7) is 4.81. The van der Waals surface area contributed by atoms with Gasteiger partial charge in [-0.05, 0) is 49.9 Å². The molecule has 1 aromatic rings. The van der Waals surface area contributed by atoms with Crippen LogP contribution in [-0.4, -0.2) is 12.1 Å². The summed E-state index contributed by atoms with van der Waals surface area (Å²) in [6, 6.07) is 6.25. The minimum atomic E-state index is -0.0301. The van der Waals surface area contributed by atoms with Gasteiger partial charge in [0, 0.05) is 0 Å². The maximum absolute atomic E-state index is 5.95. The molecule has 1 saturated carbocycles. The summed E-state index contributed by atoms with van der Waals surface area (Å²) < 4.78 is 5.67. The van der Waals surface area contributed by atoms with Crippen molar-refractivity contribution in [1.82, 2.24) is 0 Å². The number of benzene rings is 1. The first-order valence-electron chi connectivity index (χ1n) is 5.07. The van der Waals surface area contributed by atoms with Crippen molar-refractivity contribution in [3.8, 4) is 5.75 Å². The summed E-state index contributed by atoms with van der Waals surface area (Å²) >= 11 is 0. The molecule has 2 nitrogen and oxygen atoms in total. The lowest BCUT2D eigenvalue weighted by Gasteiger charge is -2.12. The average molecular weight is 191 g/mol. The summed E-state index contributed by atoms with van der Waals surface area (Å²) in [5.74, 6) is 0.944. The predicted octanol–water partition coefficient (Wildman–Crippen LogP) is 2.17. The highest BCUT2D eigenvalue weighted by Gasteiger charge is 2.39. The van der Waals surface area contributed by atoms with Crippen LogP contribution >= 0.6 is 0 Å². The fraction of sp³-hybridized carbons (Fsp3) is 0.500. The summed E-state index contributed by atoms with van der Waals surface area (Å²) in [5, 5.41) is 0. The Morgan fingerprint density at radius 2 is 1.79 bits per heavy atom. The van der Waals surface area contributed by atoms with E-state index in [0.717, 1.165) is 18.6 Å². The molecular weight excluding hydrogens is 174 g/mol.